The van der Waals surface area contributed by atoms with Gasteiger partial charge in [-0.15, -0.1) is 24.8 Å². The fourth-order valence-corrected chi connectivity index (χ4v) is 2.05. The Morgan fingerprint density at radius 2 is 1.87 bits per heavy atom. The lowest BCUT2D eigenvalue weighted by molar-refractivity contribution is -0.135. The maximum atomic E-state index is 11.5. The zero-order valence-corrected chi connectivity index (χ0v) is 10.3. The van der Waals surface area contributed by atoms with Gasteiger partial charge in [-0.1, -0.05) is 0 Å². The first-order chi connectivity index (χ1) is 6.38. The molecule has 0 saturated carbocycles. The molecule has 1 amide bonds. The average molecular weight is 256 g/mol. The molecule has 0 aromatic carbocycles. The predicted octanol–water partition coefficient (Wildman–Crippen LogP) is 0.0138. The standard InChI is InChI=1S/C9H17N3O.2ClH/c13-9-7-11-6-8-5-10-3-1-2-4-12(8)9;;/h8,10-11H,1-7H2;2*1H. The van der Waals surface area contributed by atoms with Crippen molar-refractivity contribution in [2.75, 3.05) is 32.7 Å². The molecule has 2 aliphatic heterocycles. The van der Waals surface area contributed by atoms with Crippen molar-refractivity contribution in [3.05, 3.63) is 0 Å². The molecule has 2 heterocycles. The summed E-state index contributed by atoms with van der Waals surface area (Å²) in [6.07, 6.45) is 2.32. The first kappa shape index (κ1) is 15.0. The molecule has 0 aromatic heterocycles. The van der Waals surface area contributed by atoms with Crippen LogP contribution in [0.25, 0.3) is 0 Å². The van der Waals surface area contributed by atoms with Gasteiger partial charge in [-0.05, 0) is 19.4 Å². The highest BCUT2D eigenvalue weighted by Gasteiger charge is 2.27. The number of hydrogen-bond donors (Lipinski definition) is 2. The molecule has 0 bridgehead atoms. The molecule has 0 radical (unpaired) electrons. The smallest absolute Gasteiger partial charge is 0.236 e. The van der Waals surface area contributed by atoms with Crippen LogP contribution in [0.15, 0.2) is 0 Å². The number of piperazine rings is 1. The third kappa shape index (κ3) is 3.79. The highest BCUT2D eigenvalue weighted by Crippen LogP contribution is 2.07. The molecule has 15 heavy (non-hydrogen) atoms. The van der Waals surface area contributed by atoms with Gasteiger partial charge in [-0.25, -0.2) is 0 Å². The quantitative estimate of drug-likeness (QED) is 0.642. The van der Waals surface area contributed by atoms with Crippen LogP contribution >= 0.6 is 24.8 Å². The fraction of sp³-hybridized carbons (Fsp3) is 0.889. The van der Waals surface area contributed by atoms with Crippen molar-refractivity contribution in [1.82, 2.24) is 15.5 Å². The molecule has 0 aromatic rings. The summed E-state index contributed by atoms with van der Waals surface area (Å²) < 4.78 is 0. The normalized spacial score (nSPS) is 26.5. The number of carbonyl (C=O) groups excluding carboxylic acids is 1. The minimum Gasteiger partial charge on any atom is -0.336 e. The van der Waals surface area contributed by atoms with Crippen LogP contribution < -0.4 is 10.6 Å². The molecule has 2 rings (SSSR count). The van der Waals surface area contributed by atoms with E-state index in [9.17, 15) is 4.79 Å². The number of amides is 1. The summed E-state index contributed by atoms with van der Waals surface area (Å²) in [6.45, 7) is 4.46. The fourth-order valence-electron chi connectivity index (χ4n) is 2.05. The van der Waals surface area contributed by atoms with Crippen molar-refractivity contribution in [3.63, 3.8) is 0 Å². The third-order valence-electron chi connectivity index (χ3n) is 2.80. The van der Waals surface area contributed by atoms with Gasteiger partial charge in [0.15, 0.2) is 0 Å². The SMILES string of the molecule is Cl.Cl.O=C1CNCC2CNCCCCN12. The number of carbonyl (C=O) groups is 1. The zero-order valence-electron chi connectivity index (χ0n) is 8.70. The second-order valence-corrected chi connectivity index (χ2v) is 3.78. The molecule has 1 atom stereocenters. The van der Waals surface area contributed by atoms with Gasteiger partial charge in [0.1, 0.15) is 0 Å². The summed E-state index contributed by atoms with van der Waals surface area (Å²) in [5.74, 6) is 0.264. The molecule has 2 aliphatic rings. The van der Waals surface area contributed by atoms with Crippen LogP contribution in [-0.2, 0) is 4.79 Å². The van der Waals surface area contributed by atoms with E-state index < -0.39 is 0 Å². The van der Waals surface area contributed by atoms with Gasteiger partial charge in [0, 0.05) is 19.6 Å². The molecule has 2 fully saturated rings. The van der Waals surface area contributed by atoms with E-state index in [0.29, 0.717) is 12.6 Å². The second-order valence-electron chi connectivity index (χ2n) is 3.78. The second kappa shape index (κ2) is 7.28. The molecule has 4 nitrogen and oxygen atoms in total. The maximum Gasteiger partial charge on any atom is 0.236 e. The van der Waals surface area contributed by atoms with Gasteiger partial charge < -0.3 is 15.5 Å². The Morgan fingerprint density at radius 3 is 2.67 bits per heavy atom. The molecule has 6 heteroatoms. The summed E-state index contributed by atoms with van der Waals surface area (Å²) in [4.78, 5) is 13.6. The summed E-state index contributed by atoms with van der Waals surface area (Å²) in [6, 6.07) is 0.376. The number of nitrogens with one attached hydrogen (secondary N) is 2. The Bertz CT molecular complexity index is 204. The average Bonchev–Trinajstić information content (AvgIpc) is 2.07. The minimum atomic E-state index is 0. The molecular weight excluding hydrogens is 237 g/mol. The minimum absolute atomic E-state index is 0. The van der Waals surface area contributed by atoms with Gasteiger partial charge in [0.25, 0.3) is 0 Å². The van der Waals surface area contributed by atoms with Crippen LogP contribution in [0, 0.1) is 0 Å². The van der Waals surface area contributed by atoms with E-state index >= 15 is 0 Å². The van der Waals surface area contributed by atoms with Crippen molar-refractivity contribution in [3.8, 4) is 0 Å². The number of hydrogen-bond acceptors (Lipinski definition) is 3. The van der Waals surface area contributed by atoms with E-state index in [-0.39, 0.29) is 30.7 Å². The van der Waals surface area contributed by atoms with Gasteiger partial charge >= 0.3 is 0 Å². The van der Waals surface area contributed by atoms with E-state index in [0.717, 1.165) is 32.6 Å². The zero-order chi connectivity index (χ0) is 9.10. The van der Waals surface area contributed by atoms with Crippen molar-refractivity contribution >= 4 is 30.7 Å². The molecule has 0 spiro atoms. The predicted molar refractivity (Wildman–Crippen MR) is 65.0 cm³/mol. The largest absolute Gasteiger partial charge is 0.336 e. The van der Waals surface area contributed by atoms with Crippen LogP contribution in [0.2, 0.25) is 0 Å². The van der Waals surface area contributed by atoms with Crippen molar-refractivity contribution < 1.29 is 4.79 Å². The van der Waals surface area contributed by atoms with Crippen LogP contribution in [-0.4, -0.2) is 49.6 Å². The van der Waals surface area contributed by atoms with E-state index in [1.54, 1.807) is 0 Å². The van der Waals surface area contributed by atoms with Crippen molar-refractivity contribution in [1.29, 1.82) is 0 Å². The third-order valence-corrected chi connectivity index (χ3v) is 2.80. The Hall–Kier alpha value is -0.0300. The summed E-state index contributed by atoms with van der Waals surface area (Å²) in [5, 5.41) is 6.52. The molecular formula is C9H19Cl2N3O. The highest BCUT2D eigenvalue weighted by molar-refractivity contribution is 5.85. The lowest BCUT2D eigenvalue weighted by Crippen LogP contribution is -2.59. The van der Waals surface area contributed by atoms with E-state index in [4.69, 9.17) is 0 Å². The monoisotopic (exact) mass is 255 g/mol. The van der Waals surface area contributed by atoms with E-state index in [1.807, 2.05) is 4.90 Å². The number of halogens is 2. The summed E-state index contributed by atoms with van der Waals surface area (Å²) >= 11 is 0. The van der Waals surface area contributed by atoms with Gasteiger partial charge in [-0.3, -0.25) is 4.79 Å². The number of fused-ring (bicyclic) bond motifs is 1. The van der Waals surface area contributed by atoms with Crippen molar-refractivity contribution in [2.45, 2.75) is 18.9 Å². The molecule has 0 aliphatic carbocycles. The molecule has 90 valence electrons. The number of nitrogens with zero attached hydrogens (tertiary/aromatic N) is 1. The molecule has 2 saturated heterocycles. The van der Waals surface area contributed by atoms with Crippen molar-refractivity contribution in [2.24, 2.45) is 0 Å². The lowest BCUT2D eigenvalue weighted by Gasteiger charge is -2.37. The highest BCUT2D eigenvalue weighted by atomic mass is 35.5. The van der Waals surface area contributed by atoms with Crippen LogP contribution in [0.4, 0.5) is 0 Å². The molecule has 1 unspecified atom stereocenters. The maximum absolute atomic E-state index is 11.5. The van der Waals surface area contributed by atoms with Gasteiger partial charge in [0.05, 0.1) is 12.6 Å². The first-order valence-corrected chi connectivity index (χ1v) is 5.09. The first-order valence-electron chi connectivity index (χ1n) is 5.09. The van der Waals surface area contributed by atoms with E-state index in [1.165, 1.54) is 6.42 Å². The van der Waals surface area contributed by atoms with Crippen LogP contribution in [0.5, 0.6) is 0 Å². The summed E-state index contributed by atoms with van der Waals surface area (Å²) in [7, 11) is 0. The molecule has 2 N–H and O–H groups in total. The van der Waals surface area contributed by atoms with E-state index in [2.05, 4.69) is 10.6 Å². The topological polar surface area (TPSA) is 44.4 Å². The Morgan fingerprint density at radius 1 is 1.13 bits per heavy atom. The Kier molecular flexibility index (Phi) is 7.26. The van der Waals surface area contributed by atoms with Crippen LogP contribution in [0.3, 0.4) is 0 Å². The Balaban J connectivity index is 0.000000980. The summed E-state index contributed by atoms with van der Waals surface area (Å²) in [5.41, 5.74) is 0. The van der Waals surface area contributed by atoms with Gasteiger partial charge in [-0.2, -0.15) is 0 Å². The van der Waals surface area contributed by atoms with Crippen LogP contribution in [0.1, 0.15) is 12.8 Å². The Labute approximate surface area is 103 Å². The van der Waals surface area contributed by atoms with Gasteiger partial charge in [0.2, 0.25) is 5.91 Å². The number of rotatable bonds is 0. The lowest BCUT2D eigenvalue weighted by atomic mass is 10.1.